The fraction of sp³-hybridized carbons (Fsp3) is 0.769. The van der Waals surface area contributed by atoms with Crippen molar-refractivity contribution in [1.29, 1.82) is 0 Å². The molecule has 1 aromatic rings. The first-order chi connectivity index (χ1) is 8.22. The molecule has 2 aliphatic rings. The van der Waals surface area contributed by atoms with E-state index >= 15 is 0 Å². The summed E-state index contributed by atoms with van der Waals surface area (Å²) in [5, 5.41) is 8.05. The standard InChI is InChI=1S/C13H22N4.ClH/c1-10-11(7-14-16(10)2)8-17-6-5-12-3-4-13(9-17)15-12;/h7,12-13,15H,3-6,8-9H2,1-2H3;1H. The lowest BCUT2D eigenvalue weighted by Crippen LogP contribution is -2.35. The van der Waals surface area contributed by atoms with Crippen molar-refractivity contribution in [1.82, 2.24) is 20.0 Å². The van der Waals surface area contributed by atoms with E-state index in [9.17, 15) is 0 Å². The van der Waals surface area contributed by atoms with Crippen LogP contribution in [0.1, 0.15) is 30.5 Å². The Morgan fingerprint density at radius 2 is 2.11 bits per heavy atom. The molecule has 2 unspecified atom stereocenters. The smallest absolute Gasteiger partial charge is 0.0537 e. The molecule has 0 saturated carbocycles. The normalized spacial score (nSPS) is 27.9. The molecule has 2 atom stereocenters. The highest BCUT2D eigenvalue weighted by Gasteiger charge is 2.29. The van der Waals surface area contributed by atoms with Gasteiger partial charge in [0.15, 0.2) is 0 Å². The Bertz CT molecular complexity index is 404. The zero-order valence-electron chi connectivity index (χ0n) is 11.2. The maximum Gasteiger partial charge on any atom is 0.0537 e. The van der Waals surface area contributed by atoms with Crippen molar-refractivity contribution in [3.63, 3.8) is 0 Å². The molecule has 18 heavy (non-hydrogen) atoms. The van der Waals surface area contributed by atoms with Crippen LogP contribution >= 0.6 is 12.4 Å². The van der Waals surface area contributed by atoms with E-state index in [1.165, 1.54) is 43.6 Å². The number of likely N-dealkylation sites (tertiary alicyclic amines) is 1. The second kappa shape index (κ2) is 5.59. The predicted octanol–water partition coefficient (Wildman–Crippen LogP) is 1.48. The summed E-state index contributed by atoms with van der Waals surface area (Å²) in [6.45, 7) is 5.64. The summed E-state index contributed by atoms with van der Waals surface area (Å²) >= 11 is 0. The Morgan fingerprint density at radius 3 is 2.83 bits per heavy atom. The molecule has 5 heteroatoms. The van der Waals surface area contributed by atoms with Crippen LogP contribution in [0.25, 0.3) is 0 Å². The summed E-state index contributed by atoms with van der Waals surface area (Å²) in [6, 6.07) is 1.50. The Kier molecular flexibility index (Phi) is 4.30. The summed E-state index contributed by atoms with van der Waals surface area (Å²) in [6.07, 6.45) is 6.05. The minimum atomic E-state index is 0. The number of aromatic nitrogens is 2. The highest BCUT2D eigenvalue weighted by molar-refractivity contribution is 5.85. The first kappa shape index (κ1) is 13.8. The van der Waals surface area contributed by atoms with Crippen LogP contribution < -0.4 is 5.32 Å². The van der Waals surface area contributed by atoms with Crippen LogP contribution in [0.2, 0.25) is 0 Å². The number of nitrogens with zero attached hydrogens (tertiary/aromatic N) is 3. The topological polar surface area (TPSA) is 33.1 Å². The van der Waals surface area contributed by atoms with Gasteiger partial charge in [0.05, 0.1) is 6.20 Å². The van der Waals surface area contributed by atoms with Gasteiger partial charge < -0.3 is 5.32 Å². The van der Waals surface area contributed by atoms with Gasteiger partial charge in [-0.2, -0.15) is 5.10 Å². The molecule has 1 N–H and O–H groups in total. The second-order valence-corrected chi connectivity index (χ2v) is 5.54. The third kappa shape index (κ3) is 2.71. The molecule has 102 valence electrons. The number of nitrogens with one attached hydrogen (secondary N) is 1. The van der Waals surface area contributed by atoms with Crippen molar-refractivity contribution < 1.29 is 0 Å². The zero-order valence-corrected chi connectivity index (χ0v) is 12.0. The largest absolute Gasteiger partial charge is 0.310 e. The van der Waals surface area contributed by atoms with Crippen LogP contribution in [0.3, 0.4) is 0 Å². The van der Waals surface area contributed by atoms with Gasteiger partial charge in [0.25, 0.3) is 0 Å². The number of aryl methyl sites for hydroxylation is 1. The SMILES string of the molecule is Cc1c(CN2CCC3CCC(C2)N3)cnn1C.Cl. The van der Waals surface area contributed by atoms with Crippen molar-refractivity contribution in [2.75, 3.05) is 13.1 Å². The number of hydrogen-bond donors (Lipinski definition) is 1. The number of halogens is 1. The fourth-order valence-electron chi connectivity index (χ4n) is 3.10. The van der Waals surface area contributed by atoms with Crippen LogP contribution in [0, 0.1) is 6.92 Å². The Morgan fingerprint density at radius 1 is 1.33 bits per heavy atom. The molecule has 4 nitrogen and oxygen atoms in total. The highest BCUT2D eigenvalue weighted by atomic mass is 35.5. The summed E-state index contributed by atoms with van der Waals surface area (Å²) in [5.41, 5.74) is 2.68. The molecular weight excluding hydrogens is 248 g/mol. The van der Waals surface area contributed by atoms with Crippen LogP contribution in [0.5, 0.6) is 0 Å². The molecule has 3 rings (SSSR count). The third-order valence-electron chi connectivity index (χ3n) is 4.34. The first-order valence-electron chi connectivity index (χ1n) is 6.68. The van der Waals surface area contributed by atoms with Crippen molar-refractivity contribution in [3.8, 4) is 0 Å². The van der Waals surface area contributed by atoms with Crippen LogP contribution in [-0.2, 0) is 13.6 Å². The van der Waals surface area contributed by atoms with E-state index in [2.05, 4.69) is 22.2 Å². The highest BCUT2D eigenvalue weighted by Crippen LogP contribution is 2.21. The van der Waals surface area contributed by atoms with Gasteiger partial charge in [0.1, 0.15) is 0 Å². The van der Waals surface area contributed by atoms with Gasteiger partial charge in [-0.15, -0.1) is 12.4 Å². The van der Waals surface area contributed by atoms with E-state index in [4.69, 9.17) is 0 Å². The second-order valence-electron chi connectivity index (χ2n) is 5.54. The molecule has 0 radical (unpaired) electrons. The van der Waals surface area contributed by atoms with Gasteiger partial charge in [-0.3, -0.25) is 9.58 Å². The van der Waals surface area contributed by atoms with E-state index in [0.717, 1.165) is 18.6 Å². The van der Waals surface area contributed by atoms with Crippen molar-refractivity contribution in [2.45, 2.75) is 44.8 Å². The summed E-state index contributed by atoms with van der Waals surface area (Å²) in [5.74, 6) is 0. The average Bonchev–Trinajstić information content (AvgIpc) is 2.79. The summed E-state index contributed by atoms with van der Waals surface area (Å²) in [7, 11) is 2.02. The van der Waals surface area contributed by atoms with Crippen LogP contribution in [0.15, 0.2) is 6.20 Å². The van der Waals surface area contributed by atoms with Crippen molar-refractivity contribution in [3.05, 3.63) is 17.5 Å². The van der Waals surface area contributed by atoms with Gasteiger partial charge in [-0.05, 0) is 26.2 Å². The molecule has 0 amide bonds. The van der Waals surface area contributed by atoms with Gasteiger partial charge in [0, 0.05) is 50.0 Å². The maximum atomic E-state index is 4.33. The summed E-state index contributed by atoms with van der Waals surface area (Å²) < 4.78 is 1.97. The Balaban J connectivity index is 0.00000120. The maximum absolute atomic E-state index is 4.33. The minimum absolute atomic E-state index is 0. The molecule has 3 heterocycles. The van der Waals surface area contributed by atoms with E-state index in [0.29, 0.717) is 0 Å². The van der Waals surface area contributed by atoms with Crippen LogP contribution in [-0.4, -0.2) is 39.9 Å². The van der Waals surface area contributed by atoms with Gasteiger partial charge in [0.2, 0.25) is 0 Å². The third-order valence-corrected chi connectivity index (χ3v) is 4.34. The average molecular weight is 271 g/mol. The Hall–Kier alpha value is -0.580. The Labute approximate surface area is 115 Å². The number of fused-ring (bicyclic) bond motifs is 2. The zero-order chi connectivity index (χ0) is 11.8. The first-order valence-corrected chi connectivity index (χ1v) is 6.68. The lowest BCUT2D eigenvalue weighted by molar-refractivity contribution is 0.250. The molecule has 1 aromatic heterocycles. The lowest BCUT2D eigenvalue weighted by Gasteiger charge is -2.23. The van der Waals surface area contributed by atoms with E-state index < -0.39 is 0 Å². The molecule has 0 spiro atoms. The molecule has 2 fully saturated rings. The number of rotatable bonds is 2. The molecule has 2 saturated heterocycles. The summed E-state index contributed by atoms with van der Waals surface area (Å²) in [4.78, 5) is 2.58. The van der Waals surface area contributed by atoms with E-state index in [1.807, 2.05) is 17.9 Å². The minimum Gasteiger partial charge on any atom is -0.310 e. The van der Waals surface area contributed by atoms with Crippen molar-refractivity contribution in [2.24, 2.45) is 7.05 Å². The van der Waals surface area contributed by atoms with E-state index in [-0.39, 0.29) is 12.4 Å². The lowest BCUT2D eigenvalue weighted by atomic mass is 10.1. The quantitative estimate of drug-likeness (QED) is 0.884. The van der Waals surface area contributed by atoms with Gasteiger partial charge in [-0.25, -0.2) is 0 Å². The molecule has 2 aliphatic heterocycles. The molecular formula is C13H23ClN4. The van der Waals surface area contributed by atoms with Crippen LogP contribution in [0.4, 0.5) is 0 Å². The number of hydrogen-bond acceptors (Lipinski definition) is 3. The monoisotopic (exact) mass is 270 g/mol. The van der Waals surface area contributed by atoms with Gasteiger partial charge in [-0.1, -0.05) is 0 Å². The van der Waals surface area contributed by atoms with Gasteiger partial charge >= 0.3 is 0 Å². The molecule has 0 aliphatic carbocycles. The molecule has 0 aromatic carbocycles. The predicted molar refractivity (Wildman–Crippen MR) is 75.0 cm³/mol. The van der Waals surface area contributed by atoms with E-state index in [1.54, 1.807) is 0 Å². The molecule has 2 bridgehead atoms. The fourth-order valence-corrected chi connectivity index (χ4v) is 3.10. The van der Waals surface area contributed by atoms with Crippen molar-refractivity contribution >= 4 is 12.4 Å².